The van der Waals surface area contributed by atoms with Crippen LogP contribution in [0.2, 0.25) is 0 Å². The van der Waals surface area contributed by atoms with E-state index < -0.39 is 0 Å². The summed E-state index contributed by atoms with van der Waals surface area (Å²) in [6.45, 7) is 7.63. The van der Waals surface area contributed by atoms with Gasteiger partial charge in [0.25, 0.3) is 0 Å². The van der Waals surface area contributed by atoms with Crippen LogP contribution in [0.4, 0.5) is 17.3 Å². The first kappa shape index (κ1) is 23.3. The number of nitrogens with one attached hydrogen (secondary N) is 3. The van der Waals surface area contributed by atoms with Gasteiger partial charge in [0.1, 0.15) is 17.7 Å². The topological polar surface area (TPSA) is 108 Å². The summed E-state index contributed by atoms with van der Waals surface area (Å²) in [5.74, 6) is 1.86. The molecule has 2 aromatic rings. The molecule has 0 aliphatic carbocycles. The minimum atomic E-state index is 0.279. The van der Waals surface area contributed by atoms with Crippen LogP contribution in [0.3, 0.4) is 0 Å². The number of nitrogens with zero attached hydrogens (tertiary/aromatic N) is 4. The normalized spacial score (nSPS) is 13.9. The Labute approximate surface area is 178 Å². The molecular weight excluding hydrogens is 378 g/mol. The van der Waals surface area contributed by atoms with E-state index in [0.717, 1.165) is 30.9 Å². The van der Waals surface area contributed by atoms with Gasteiger partial charge < -0.3 is 20.7 Å². The van der Waals surface area contributed by atoms with E-state index >= 15 is 0 Å². The van der Waals surface area contributed by atoms with Gasteiger partial charge in [0.15, 0.2) is 5.69 Å². The minimum Gasteiger partial charge on any atom is -0.384 e. The lowest BCUT2D eigenvalue weighted by molar-refractivity contribution is 0.234. The molecule has 3 heterocycles. The minimum absolute atomic E-state index is 0.279. The fourth-order valence-corrected chi connectivity index (χ4v) is 3.01. The highest BCUT2D eigenvalue weighted by molar-refractivity contribution is 5.70. The highest BCUT2D eigenvalue weighted by Gasteiger charge is 2.13. The molecule has 0 aromatic carbocycles. The number of anilines is 3. The van der Waals surface area contributed by atoms with Crippen LogP contribution in [0.25, 0.3) is 6.08 Å². The van der Waals surface area contributed by atoms with E-state index in [9.17, 15) is 0 Å². The monoisotopic (exact) mass is 409 g/mol. The van der Waals surface area contributed by atoms with Gasteiger partial charge in [0, 0.05) is 37.2 Å². The van der Waals surface area contributed by atoms with Crippen molar-refractivity contribution in [1.29, 1.82) is 5.26 Å². The summed E-state index contributed by atoms with van der Waals surface area (Å²) in [4.78, 5) is 12.7. The molecule has 1 aliphatic rings. The van der Waals surface area contributed by atoms with Gasteiger partial charge in [-0.2, -0.15) is 5.26 Å². The summed E-state index contributed by atoms with van der Waals surface area (Å²) in [5.41, 5.74) is 2.29. The second-order valence-corrected chi connectivity index (χ2v) is 6.61. The first-order chi connectivity index (χ1) is 14.8. The fraction of sp³-hybridized carbons (Fsp3) is 0.455. The first-order valence-electron chi connectivity index (χ1n) is 10.4. The molecule has 8 heteroatoms. The molecule has 8 nitrogen and oxygen atoms in total. The summed E-state index contributed by atoms with van der Waals surface area (Å²) < 4.78 is 5.10. The molecule has 0 spiro atoms. The number of piperidine rings is 1. The van der Waals surface area contributed by atoms with Crippen LogP contribution in [0.1, 0.15) is 37.9 Å². The van der Waals surface area contributed by atoms with Gasteiger partial charge in [-0.3, -0.25) is 0 Å². The van der Waals surface area contributed by atoms with E-state index in [4.69, 9.17) is 10.00 Å². The van der Waals surface area contributed by atoms with Crippen molar-refractivity contribution in [3.63, 3.8) is 0 Å². The van der Waals surface area contributed by atoms with E-state index in [-0.39, 0.29) is 5.69 Å². The van der Waals surface area contributed by atoms with Crippen molar-refractivity contribution in [3.8, 4) is 6.07 Å². The molecule has 0 radical (unpaired) electrons. The maximum absolute atomic E-state index is 8.83. The smallest absolute Gasteiger partial charge is 0.158 e. The number of rotatable bonds is 8. The third-order valence-corrected chi connectivity index (χ3v) is 4.56. The van der Waals surface area contributed by atoms with Crippen LogP contribution in [0, 0.1) is 17.2 Å². The zero-order chi connectivity index (χ0) is 21.6. The molecule has 0 atom stereocenters. The molecule has 2 aromatic heterocycles. The zero-order valence-electron chi connectivity index (χ0n) is 18.0. The van der Waals surface area contributed by atoms with Crippen LogP contribution in [-0.4, -0.2) is 48.3 Å². The van der Waals surface area contributed by atoms with Crippen molar-refractivity contribution >= 4 is 23.4 Å². The zero-order valence-corrected chi connectivity index (χ0v) is 18.0. The van der Waals surface area contributed by atoms with Crippen molar-refractivity contribution in [3.05, 3.63) is 42.0 Å². The molecular formula is C22H31N7O. The van der Waals surface area contributed by atoms with Crippen molar-refractivity contribution < 1.29 is 4.74 Å². The van der Waals surface area contributed by atoms with Gasteiger partial charge in [0.2, 0.25) is 0 Å². The lowest BCUT2D eigenvalue weighted by Crippen LogP contribution is -2.31. The van der Waals surface area contributed by atoms with Gasteiger partial charge in [0.05, 0.1) is 19.0 Å². The molecule has 1 aliphatic heterocycles. The Morgan fingerprint density at radius 3 is 2.60 bits per heavy atom. The Morgan fingerprint density at radius 1 is 1.17 bits per heavy atom. The summed E-state index contributed by atoms with van der Waals surface area (Å²) >= 11 is 0. The summed E-state index contributed by atoms with van der Waals surface area (Å²) in [6.07, 6.45) is 11.1. The Bertz CT molecular complexity index is 824. The van der Waals surface area contributed by atoms with Crippen molar-refractivity contribution in [2.24, 2.45) is 5.92 Å². The number of methoxy groups -OCH3 is 1. The Morgan fingerprint density at radius 2 is 1.93 bits per heavy atom. The van der Waals surface area contributed by atoms with E-state index in [1.165, 1.54) is 25.2 Å². The molecule has 160 valence electrons. The van der Waals surface area contributed by atoms with Gasteiger partial charge in [-0.1, -0.05) is 26.0 Å². The largest absolute Gasteiger partial charge is 0.384 e. The highest BCUT2D eigenvalue weighted by atomic mass is 16.5. The number of aromatic nitrogens is 3. The highest BCUT2D eigenvalue weighted by Crippen LogP contribution is 2.23. The third-order valence-electron chi connectivity index (χ3n) is 4.56. The lowest BCUT2D eigenvalue weighted by Gasteiger charge is -2.23. The Kier molecular flexibility index (Phi) is 10.3. The second kappa shape index (κ2) is 13.2. The Hall–Kier alpha value is -3.02. The first-order valence-corrected chi connectivity index (χ1v) is 10.4. The summed E-state index contributed by atoms with van der Waals surface area (Å²) in [5, 5.41) is 18.9. The van der Waals surface area contributed by atoms with E-state index in [1.807, 2.05) is 44.3 Å². The van der Waals surface area contributed by atoms with Crippen LogP contribution in [-0.2, 0) is 4.74 Å². The predicted molar refractivity (Wildman–Crippen MR) is 121 cm³/mol. The van der Waals surface area contributed by atoms with Gasteiger partial charge in [-0.15, -0.1) is 0 Å². The van der Waals surface area contributed by atoms with Crippen LogP contribution in [0.5, 0.6) is 0 Å². The molecule has 0 unspecified atom stereocenters. The SMILES string of the molecule is CC.COC/C=C/c1cnc(Nc2cnc(C#N)cn2)cc1NCC1CCNCC1. The number of pyridine rings is 1. The Balaban J connectivity index is 0.00000155. The van der Waals surface area contributed by atoms with Gasteiger partial charge in [-0.05, 0) is 31.8 Å². The molecule has 0 saturated carbocycles. The van der Waals surface area contributed by atoms with Crippen LogP contribution >= 0.6 is 0 Å². The quantitative estimate of drug-likeness (QED) is 0.607. The molecule has 1 saturated heterocycles. The molecule has 1 fully saturated rings. The lowest BCUT2D eigenvalue weighted by atomic mass is 9.98. The van der Waals surface area contributed by atoms with Gasteiger partial charge in [-0.25, -0.2) is 15.0 Å². The average Bonchev–Trinajstić information content (AvgIpc) is 2.81. The molecule has 3 N–H and O–H groups in total. The van der Waals surface area contributed by atoms with Crippen LogP contribution < -0.4 is 16.0 Å². The molecule has 0 amide bonds. The van der Waals surface area contributed by atoms with E-state index in [0.29, 0.717) is 24.2 Å². The standard InChI is InChI=1S/C20H25N7O.C2H6/c1-28-8-2-3-16-12-25-19(27-20-14-23-17(10-21)13-26-20)9-18(16)24-11-15-4-6-22-7-5-15;1-2/h2-3,9,12-15,22H,4-8,11H2,1H3,(H2,24,25,26,27);1-2H3/b3-2+;. The van der Waals surface area contributed by atoms with Crippen molar-refractivity contribution in [1.82, 2.24) is 20.3 Å². The van der Waals surface area contributed by atoms with Crippen LogP contribution in [0.15, 0.2) is 30.7 Å². The summed E-state index contributed by atoms with van der Waals surface area (Å²) in [7, 11) is 1.67. The molecule has 30 heavy (non-hydrogen) atoms. The number of nitriles is 1. The number of hydrogen-bond acceptors (Lipinski definition) is 8. The molecule has 0 bridgehead atoms. The van der Waals surface area contributed by atoms with Crippen molar-refractivity contribution in [2.45, 2.75) is 26.7 Å². The number of hydrogen-bond donors (Lipinski definition) is 3. The second-order valence-electron chi connectivity index (χ2n) is 6.61. The fourth-order valence-electron chi connectivity index (χ4n) is 3.01. The third kappa shape index (κ3) is 7.43. The van der Waals surface area contributed by atoms with Gasteiger partial charge >= 0.3 is 0 Å². The maximum atomic E-state index is 8.83. The van der Waals surface area contributed by atoms with E-state index in [2.05, 4.69) is 30.9 Å². The average molecular weight is 410 g/mol. The summed E-state index contributed by atoms with van der Waals surface area (Å²) in [6, 6.07) is 3.92. The van der Waals surface area contributed by atoms with E-state index in [1.54, 1.807) is 7.11 Å². The molecule has 3 rings (SSSR count). The van der Waals surface area contributed by atoms with Crippen molar-refractivity contribution in [2.75, 3.05) is 44.0 Å². The maximum Gasteiger partial charge on any atom is 0.158 e. The predicted octanol–water partition coefficient (Wildman–Crippen LogP) is 3.58. The number of ether oxygens (including phenoxy) is 1.